The lowest BCUT2D eigenvalue weighted by molar-refractivity contribution is -0.130. The molecular formula is C31H30Cl2N4O7. The molecule has 0 spiro atoms. The molecule has 3 aromatic heterocycles. The Morgan fingerprint density at radius 2 is 1.70 bits per heavy atom. The number of hydrogen-bond acceptors (Lipinski definition) is 10. The smallest absolute Gasteiger partial charge is 0.339 e. The minimum absolute atomic E-state index is 0.0436. The van der Waals surface area contributed by atoms with E-state index in [2.05, 4.69) is 15.3 Å². The summed E-state index contributed by atoms with van der Waals surface area (Å²) in [6.07, 6.45) is 10.1. The summed E-state index contributed by atoms with van der Waals surface area (Å²) in [6, 6.07) is 3.06. The summed E-state index contributed by atoms with van der Waals surface area (Å²) in [7, 11) is 2.88. The van der Waals surface area contributed by atoms with E-state index >= 15 is 0 Å². The Morgan fingerprint density at radius 3 is 2.32 bits per heavy atom. The van der Waals surface area contributed by atoms with E-state index in [1.54, 1.807) is 18.5 Å². The van der Waals surface area contributed by atoms with Crippen LogP contribution in [0, 0.1) is 0 Å². The molecular weight excluding hydrogens is 611 g/mol. The zero-order valence-corrected chi connectivity index (χ0v) is 25.7. The van der Waals surface area contributed by atoms with Crippen molar-refractivity contribution in [1.82, 2.24) is 20.3 Å². The van der Waals surface area contributed by atoms with Crippen molar-refractivity contribution in [3.63, 3.8) is 0 Å². The van der Waals surface area contributed by atoms with Gasteiger partial charge in [0.2, 0.25) is 11.7 Å². The van der Waals surface area contributed by atoms with Crippen molar-refractivity contribution in [3.05, 3.63) is 57.3 Å². The van der Waals surface area contributed by atoms with Crippen LogP contribution >= 0.6 is 23.2 Å². The van der Waals surface area contributed by atoms with Crippen molar-refractivity contribution in [1.29, 1.82) is 0 Å². The van der Waals surface area contributed by atoms with E-state index in [0.29, 0.717) is 51.0 Å². The summed E-state index contributed by atoms with van der Waals surface area (Å²) in [5.74, 6) is 1.34. The monoisotopic (exact) mass is 640 g/mol. The van der Waals surface area contributed by atoms with Gasteiger partial charge in [-0.3, -0.25) is 4.98 Å². The van der Waals surface area contributed by atoms with Gasteiger partial charge in [0.05, 0.1) is 47.5 Å². The number of hydrogen-bond donors (Lipinski definition) is 1. The fourth-order valence-electron chi connectivity index (χ4n) is 6.69. The highest BCUT2D eigenvalue weighted by Gasteiger charge is 2.53. The van der Waals surface area contributed by atoms with Gasteiger partial charge in [0, 0.05) is 29.4 Å². The van der Waals surface area contributed by atoms with Gasteiger partial charge in [0.15, 0.2) is 0 Å². The van der Waals surface area contributed by atoms with E-state index in [4.69, 9.17) is 51.4 Å². The highest BCUT2D eigenvalue weighted by Crippen LogP contribution is 2.56. The Balaban J connectivity index is 1.11. The van der Waals surface area contributed by atoms with E-state index in [0.717, 1.165) is 62.7 Å². The summed E-state index contributed by atoms with van der Waals surface area (Å²) in [5.41, 5.74) is 1.89. The molecule has 1 N–H and O–H groups in total. The Hall–Kier alpha value is -3.67. The third-order valence-electron chi connectivity index (χ3n) is 9.41. The molecule has 0 saturated heterocycles. The first-order valence-electron chi connectivity index (χ1n) is 14.5. The van der Waals surface area contributed by atoms with Gasteiger partial charge in [0.1, 0.15) is 28.5 Å². The summed E-state index contributed by atoms with van der Waals surface area (Å²) < 4.78 is 29.2. The summed E-state index contributed by atoms with van der Waals surface area (Å²) in [4.78, 5) is 20.7. The molecule has 4 aromatic rings. The number of carboxylic acid groups (broad SMARTS) is 1. The third-order valence-corrected chi connectivity index (χ3v) is 9.98. The predicted molar refractivity (Wildman–Crippen MR) is 158 cm³/mol. The Morgan fingerprint density at radius 1 is 1.00 bits per heavy atom. The topological polar surface area (TPSA) is 143 Å². The van der Waals surface area contributed by atoms with Crippen LogP contribution in [0.25, 0.3) is 22.6 Å². The SMILES string of the molecule is COc1cc(C(=O)O)c(OC)c(-c2noc(C34CCC(OCc5c(-c6c(Cl)cncc6Cl)noc5C5CC5)(CC3)CC4)n2)c1. The predicted octanol–water partition coefficient (Wildman–Crippen LogP) is 7.25. The van der Waals surface area contributed by atoms with Crippen LogP contribution in [0.2, 0.25) is 10.0 Å². The maximum absolute atomic E-state index is 11.9. The number of rotatable bonds is 10. The van der Waals surface area contributed by atoms with E-state index in [1.807, 2.05) is 0 Å². The molecule has 230 valence electrons. The van der Waals surface area contributed by atoms with Gasteiger partial charge in [-0.05, 0) is 63.5 Å². The van der Waals surface area contributed by atoms with Crippen molar-refractivity contribution < 1.29 is 33.2 Å². The number of carbonyl (C=O) groups is 1. The highest BCUT2D eigenvalue weighted by atomic mass is 35.5. The van der Waals surface area contributed by atoms with Crippen LogP contribution in [-0.2, 0) is 16.8 Å². The van der Waals surface area contributed by atoms with Gasteiger partial charge < -0.3 is 28.4 Å². The molecule has 4 aliphatic rings. The number of pyridine rings is 1. The first kappa shape index (κ1) is 29.1. The average molecular weight is 642 g/mol. The van der Waals surface area contributed by atoms with Crippen molar-refractivity contribution in [2.45, 2.75) is 74.9 Å². The lowest BCUT2D eigenvalue weighted by Gasteiger charge is -2.51. The first-order valence-corrected chi connectivity index (χ1v) is 15.3. The Kier molecular flexibility index (Phi) is 7.30. The number of nitrogens with zero attached hydrogens (tertiary/aromatic N) is 4. The molecule has 0 radical (unpaired) electrons. The minimum atomic E-state index is -1.14. The fraction of sp³-hybridized carbons (Fsp3) is 0.452. The average Bonchev–Trinajstić information content (AvgIpc) is 3.60. The second-order valence-electron chi connectivity index (χ2n) is 11.9. The van der Waals surface area contributed by atoms with Gasteiger partial charge in [-0.2, -0.15) is 4.98 Å². The molecule has 11 nitrogen and oxygen atoms in total. The van der Waals surface area contributed by atoms with Gasteiger partial charge in [-0.15, -0.1) is 0 Å². The Bertz CT molecular complexity index is 1700. The molecule has 0 amide bonds. The lowest BCUT2D eigenvalue weighted by atomic mass is 9.58. The van der Waals surface area contributed by atoms with Crippen molar-refractivity contribution in [2.24, 2.45) is 0 Å². The normalized spacial score (nSPS) is 22.7. The second kappa shape index (κ2) is 11.0. The number of aromatic carboxylic acids is 1. The van der Waals surface area contributed by atoms with E-state index < -0.39 is 5.97 Å². The maximum Gasteiger partial charge on any atom is 0.339 e. The standard InChI is InChI=1S/C31H30Cl2N4O7/c1-40-17-11-18(26(41-2)19(12-17)28(38)39)27-35-29(44-37-27)30-5-8-31(9-6-30,10-7-30)42-15-20-24(36-43-25(20)16-3-4-16)23-21(32)13-34-14-22(23)33/h11-14,16H,3-10,15H2,1-2H3,(H,38,39). The molecule has 4 aliphatic carbocycles. The number of aromatic nitrogens is 4. The third kappa shape index (κ3) is 4.91. The van der Waals surface area contributed by atoms with Crippen LogP contribution < -0.4 is 9.47 Å². The number of halogens is 2. The molecule has 0 aliphatic heterocycles. The number of benzene rings is 1. The second-order valence-corrected chi connectivity index (χ2v) is 12.7. The van der Waals surface area contributed by atoms with Crippen LogP contribution in [0.1, 0.15) is 84.9 Å². The quantitative estimate of drug-likeness (QED) is 0.187. The molecule has 4 fully saturated rings. The summed E-state index contributed by atoms with van der Waals surface area (Å²) in [5, 5.41) is 19.2. The number of fused-ring (bicyclic) bond motifs is 3. The molecule has 3 heterocycles. The highest BCUT2D eigenvalue weighted by molar-refractivity contribution is 6.38. The van der Waals surface area contributed by atoms with E-state index in [9.17, 15) is 9.90 Å². The van der Waals surface area contributed by atoms with Gasteiger partial charge >= 0.3 is 5.97 Å². The number of carboxylic acids is 1. The van der Waals surface area contributed by atoms with Gasteiger partial charge in [-0.25, -0.2) is 4.79 Å². The molecule has 0 unspecified atom stereocenters. The maximum atomic E-state index is 11.9. The van der Waals surface area contributed by atoms with E-state index in [1.165, 1.54) is 20.3 Å². The van der Waals surface area contributed by atoms with E-state index in [-0.39, 0.29) is 28.2 Å². The number of methoxy groups -OCH3 is 2. The molecule has 0 atom stereocenters. The molecule has 44 heavy (non-hydrogen) atoms. The summed E-state index contributed by atoms with van der Waals surface area (Å²) >= 11 is 13.0. The number of ether oxygens (including phenoxy) is 3. The Labute approximate surface area is 262 Å². The van der Waals surface area contributed by atoms with Crippen molar-refractivity contribution in [2.75, 3.05) is 14.2 Å². The summed E-state index contributed by atoms with van der Waals surface area (Å²) in [6.45, 7) is 0.346. The first-order chi connectivity index (χ1) is 21.3. The minimum Gasteiger partial charge on any atom is -0.497 e. The van der Waals surface area contributed by atoms with Crippen molar-refractivity contribution >= 4 is 29.2 Å². The van der Waals surface area contributed by atoms with Crippen LogP contribution in [0.15, 0.2) is 33.6 Å². The molecule has 4 saturated carbocycles. The largest absolute Gasteiger partial charge is 0.497 e. The molecule has 2 bridgehead atoms. The zero-order valence-electron chi connectivity index (χ0n) is 24.2. The lowest BCUT2D eigenvalue weighted by Crippen LogP contribution is -2.49. The van der Waals surface area contributed by atoms with Crippen LogP contribution in [0.3, 0.4) is 0 Å². The van der Waals surface area contributed by atoms with Crippen molar-refractivity contribution in [3.8, 4) is 34.1 Å². The molecule has 1 aromatic carbocycles. The fourth-order valence-corrected chi connectivity index (χ4v) is 7.23. The van der Waals surface area contributed by atoms with Gasteiger partial charge in [-0.1, -0.05) is 33.5 Å². The van der Waals surface area contributed by atoms with Crippen LogP contribution in [0.4, 0.5) is 0 Å². The molecule has 8 rings (SSSR count). The van der Waals surface area contributed by atoms with Crippen LogP contribution in [-0.4, -0.2) is 51.2 Å². The zero-order chi connectivity index (χ0) is 30.6. The molecule has 13 heteroatoms. The van der Waals surface area contributed by atoms with Gasteiger partial charge in [0.25, 0.3) is 0 Å². The van der Waals surface area contributed by atoms with Crippen LogP contribution in [0.5, 0.6) is 11.5 Å².